The minimum absolute atomic E-state index is 0.0969. The van der Waals surface area contributed by atoms with E-state index in [9.17, 15) is 24.4 Å². The van der Waals surface area contributed by atoms with Crippen LogP contribution in [-0.4, -0.2) is 50.3 Å². The second-order valence-corrected chi connectivity index (χ2v) is 8.72. The summed E-state index contributed by atoms with van der Waals surface area (Å²) in [5.41, 5.74) is 1.38. The second kappa shape index (κ2) is 12.6. The average molecular weight is 524 g/mol. The number of nitrogens with one attached hydrogen (secondary N) is 2. The molecule has 2 atom stereocenters. The standard InChI is InChI=1S/C26H25N3O7S/c1-4-36-18-11-9-17(10-12-18)28-20(30)14-37-24-19(13-27)21(22(23(31)29-24)26(33)35-3)15-5-7-16(8-6-15)25(32)34-2/h5-12,21-22H,4,14H2,1-3H3,(H,28,30)(H,29,31)/t21-,22+/m0/s1. The fourth-order valence-electron chi connectivity index (χ4n) is 3.76. The van der Waals surface area contributed by atoms with Crippen LogP contribution in [0.2, 0.25) is 0 Å². The summed E-state index contributed by atoms with van der Waals surface area (Å²) in [6, 6.07) is 15.0. The van der Waals surface area contributed by atoms with Crippen LogP contribution in [0.15, 0.2) is 59.1 Å². The number of benzene rings is 2. The molecule has 2 aromatic rings. The molecule has 2 N–H and O–H groups in total. The number of hydrogen-bond acceptors (Lipinski definition) is 9. The monoisotopic (exact) mass is 523 g/mol. The van der Waals surface area contributed by atoms with Crippen LogP contribution < -0.4 is 15.4 Å². The Hall–Kier alpha value is -4.30. The number of thioether (sulfide) groups is 1. The number of carbonyl (C=O) groups is 4. The minimum Gasteiger partial charge on any atom is -0.494 e. The highest BCUT2D eigenvalue weighted by Crippen LogP contribution is 2.40. The van der Waals surface area contributed by atoms with E-state index in [-0.39, 0.29) is 27.8 Å². The predicted molar refractivity (Wildman–Crippen MR) is 136 cm³/mol. The van der Waals surface area contributed by atoms with Crippen molar-refractivity contribution in [2.45, 2.75) is 12.8 Å². The molecule has 1 aliphatic heterocycles. The van der Waals surface area contributed by atoms with Gasteiger partial charge in [-0.3, -0.25) is 14.4 Å². The Bertz CT molecular complexity index is 1250. The van der Waals surface area contributed by atoms with Crippen LogP contribution in [-0.2, 0) is 23.9 Å². The van der Waals surface area contributed by atoms with Gasteiger partial charge in [0.25, 0.3) is 0 Å². The molecule has 0 unspecified atom stereocenters. The Kier molecular flexibility index (Phi) is 9.29. The number of esters is 2. The van der Waals surface area contributed by atoms with Crippen molar-refractivity contribution in [3.05, 3.63) is 70.3 Å². The number of ether oxygens (including phenoxy) is 3. The van der Waals surface area contributed by atoms with E-state index in [4.69, 9.17) is 14.2 Å². The van der Waals surface area contributed by atoms with Gasteiger partial charge < -0.3 is 24.8 Å². The summed E-state index contributed by atoms with van der Waals surface area (Å²) < 4.78 is 14.9. The molecule has 0 saturated heterocycles. The van der Waals surface area contributed by atoms with Crippen molar-refractivity contribution >= 4 is 41.2 Å². The summed E-state index contributed by atoms with van der Waals surface area (Å²) in [4.78, 5) is 49.8. The lowest BCUT2D eigenvalue weighted by Crippen LogP contribution is -2.44. The molecule has 0 bridgehead atoms. The number of methoxy groups -OCH3 is 2. The van der Waals surface area contributed by atoms with Gasteiger partial charge in [-0.25, -0.2) is 4.79 Å². The smallest absolute Gasteiger partial charge is 0.337 e. The maximum absolute atomic E-state index is 12.9. The van der Waals surface area contributed by atoms with Crippen LogP contribution in [0, 0.1) is 17.2 Å². The van der Waals surface area contributed by atoms with E-state index in [1.807, 2.05) is 6.92 Å². The summed E-state index contributed by atoms with van der Waals surface area (Å²) in [6.07, 6.45) is 0. The topological polar surface area (TPSA) is 144 Å². The number of nitriles is 1. The van der Waals surface area contributed by atoms with E-state index in [1.54, 1.807) is 36.4 Å². The number of nitrogens with zero attached hydrogens (tertiary/aromatic N) is 1. The molecule has 0 fully saturated rings. The van der Waals surface area contributed by atoms with E-state index in [0.717, 1.165) is 18.9 Å². The molecule has 0 aliphatic carbocycles. The van der Waals surface area contributed by atoms with E-state index < -0.39 is 29.7 Å². The van der Waals surface area contributed by atoms with Crippen LogP contribution in [0.5, 0.6) is 5.75 Å². The molecule has 192 valence electrons. The summed E-state index contributed by atoms with van der Waals surface area (Å²) in [5, 5.41) is 15.5. The molecule has 2 aromatic carbocycles. The fourth-order valence-corrected chi connectivity index (χ4v) is 4.61. The summed E-state index contributed by atoms with van der Waals surface area (Å²) in [5.74, 6) is -4.13. The molecule has 1 heterocycles. The van der Waals surface area contributed by atoms with Gasteiger partial charge in [-0.1, -0.05) is 23.9 Å². The summed E-state index contributed by atoms with van der Waals surface area (Å²) in [7, 11) is 2.40. The van der Waals surface area contributed by atoms with E-state index in [2.05, 4.69) is 16.7 Å². The Morgan fingerprint density at radius 3 is 2.30 bits per heavy atom. The van der Waals surface area contributed by atoms with Crippen LogP contribution in [0.25, 0.3) is 0 Å². The molecule has 0 saturated carbocycles. The second-order valence-electron chi connectivity index (χ2n) is 7.73. The van der Waals surface area contributed by atoms with Crippen molar-refractivity contribution in [1.82, 2.24) is 5.32 Å². The molecule has 0 aromatic heterocycles. The minimum atomic E-state index is -1.33. The molecule has 1 aliphatic rings. The Morgan fingerprint density at radius 1 is 1.05 bits per heavy atom. The largest absolute Gasteiger partial charge is 0.494 e. The first kappa shape index (κ1) is 27.3. The van der Waals surface area contributed by atoms with Crippen molar-refractivity contribution in [1.29, 1.82) is 5.26 Å². The molecule has 2 amide bonds. The zero-order valence-electron chi connectivity index (χ0n) is 20.4. The highest BCUT2D eigenvalue weighted by Gasteiger charge is 2.44. The number of rotatable bonds is 9. The Labute approximate surface area is 218 Å². The molecule has 0 spiro atoms. The number of allylic oxidation sites excluding steroid dienone is 1. The Balaban J connectivity index is 1.85. The Morgan fingerprint density at radius 2 is 1.73 bits per heavy atom. The maximum atomic E-state index is 12.9. The van der Waals surface area contributed by atoms with Gasteiger partial charge in [0, 0.05) is 11.6 Å². The lowest BCUT2D eigenvalue weighted by atomic mass is 9.78. The lowest BCUT2D eigenvalue weighted by molar-refractivity contribution is -0.150. The molecule has 11 heteroatoms. The normalized spacial score (nSPS) is 16.8. The van der Waals surface area contributed by atoms with Gasteiger partial charge in [-0.2, -0.15) is 5.26 Å². The van der Waals surface area contributed by atoms with Gasteiger partial charge in [0.05, 0.1) is 48.8 Å². The van der Waals surface area contributed by atoms with Gasteiger partial charge in [-0.05, 0) is 48.9 Å². The van der Waals surface area contributed by atoms with Gasteiger partial charge in [0.2, 0.25) is 11.8 Å². The van der Waals surface area contributed by atoms with Crippen molar-refractivity contribution in [3.63, 3.8) is 0 Å². The van der Waals surface area contributed by atoms with Crippen LogP contribution in [0.4, 0.5) is 5.69 Å². The molecule has 37 heavy (non-hydrogen) atoms. The predicted octanol–water partition coefficient (Wildman–Crippen LogP) is 2.98. The molecular formula is C26H25N3O7S. The van der Waals surface area contributed by atoms with Crippen molar-refractivity contribution < 1.29 is 33.4 Å². The number of amides is 2. The van der Waals surface area contributed by atoms with E-state index in [1.165, 1.54) is 19.2 Å². The molecular weight excluding hydrogens is 498 g/mol. The van der Waals surface area contributed by atoms with Crippen molar-refractivity contribution in [2.75, 3.05) is 31.9 Å². The van der Waals surface area contributed by atoms with Gasteiger partial charge in [0.1, 0.15) is 11.7 Å². The maximum Gasteiger partial charge on any atom is 0.337 e. The average Bonchev–Trinajstić information content (AvgIpc) is 2.92. The van der Waals surface area contributed by atoms with E-state index in [0.29, 0.717) is 23.6 Å². The SMILES string of the molecule is CCOc1ccc(NC(=O)CSC2=C(C#N)[C@H](c3ccc(C(=O)OC)cc3)[C@@H](C(=O)OC)C(=O)N2)cc1. The van der Waals surface area contributed by atoms with Gasteiger partial charge >= 0.3 is 11.9 Å². The number of hydrogen-bond donors (Lipinski definition) is 2. The fraction of sp³-hybridized carbons (Fsp3) is 0.269. The molecule has 10 nitrogen and oxygen atoms in total. The number of carbonyl (C=O) groups excluding carboxylic acids is 4. The van der Waals surface area contributed by atoms with Crippen LogP contribution >= 0.6 is 11.8 Å². The molecule has 3 rings (SSSR count). The zero-order valence-corrected chi connectivity index (χ0v) is 21.2. The quantitative estimate of drug-likeness (QED) is 0.374. The number of anilines is 1. The van der Waals surface area contributed by atoms with E-state index >= 15 is 0 Å². The summed E-state index contributed by atoms with van der Waals surface area (Å²) in [6.45, 7) is 2.40. The zero-order chi connectivity index (χ0) is 26.9. The first-order valence-corrected chi connectivity index (χ1v) is 12.2. The van der Waals surface area contributed by atoms with Crippen molar-refractivity contribution in [3.8, 4) is 11.8 Å². The third-order valence-corrected chi connectivity index (χ3v) is 6.49. The van der Waals surface area contributed by atoms with Crippen molar-refractivity contribution in [2.24, 2.45) is 5.92 Å². The first-order chi connectivity index (χ1) is 17.8. The van der Waals surface area contributed by atoms with Gasteiger partial charge in [-0.15, -0.1) is 0 Å². The third kappa shape index (κ3) is 6.48. The van der Waals surface area contributed by atoms with Crippen LogP contribution in [0.1, 0.15) is 28.8 Å². The lowest BCUT2D eigenvalue weighted by Gasteiger charge is -2.31. The highest BCUT2D eigenvalue weighted by molar-refractivity contribution is 8.03. The third-order valence-electron chi connectivity index (χ3n) is 5.47. The molecule has 0 radical (unpaired) electrons. The van der Waals surface area contributed by atoms with Gasteiger partial charge in [0.15, 0.2) is 0 Å². The van der Waals surface area contributed by atoms with Crippen LogP contribution in [0.3, 0.4) is 0 Å². The highest BCUT2D eigenvalue weighted by atomic mass is 32.2. The summed E-state index contributed by atoms with van der Waals surface area (Å²) >= 11 is 0.966. The first-order valence-electron chi connectivity index (χ1n) is 11.2.